The number of amidine groups is 1. The van der Waals surface area contributed by atoms with E-state index in [4.69, 9.17) is 59.3 Å². The minimum atomic E-state index is -0.472. The molecule has 5 N–H and O–H groups in total. The number of nitrogens with two attached hydrogens (primary N) is 1. The molecule has 0 amide bonds. The van der Waals surface area contributed by atoms with Gasteiger partial charge in [0.05, 0.1) is 71.6 Å². The van der Waals surface area contributed by atoms with Gasteiger partial charge in [-0.2, -0.15) is 15.2 Å². The van der Waals surface area contributed by atoms with Crippen molar-refractivity contribution < 1.29 is 33.4 Å². The summed E-state index contributed by atoms with van der Waals surface area (Å²) in [6, 6.07) is 11.5. The van der Waals surface area contributed by atoms with E-state index in [0.717, 1.165) is 62.3 Å². The number of hydrogen-bond donors (Lipinski definition) is 4. The molecule has 0 radical (unpaired) electrons. The van der Waals surface area contributed by atoms with E-state index < -0.39 is 6.48 Å². The summed E-state index contributed by atoms with van der Waals surface area (Å²) in [7, 11) is 0. The quantitative estimate of drug-likeness (QED) is 0.0187. The van der Waals surface area contributed by atoms with Crippen LogP contribution in [0.25, 0.3) is 33.5 Å². The van der Waals surface area contributed by atoms with E-state index in [0.29, 0.717) is 62.9 Å². The van der Waals surface area contributed by atoms with Crippen LogP contribution in [-0.4, -0.2) is 106 Å². The molecule has 0 saturated carbocycles. The number of nitrogens with one attached hydrogen (secondary N) is 2. The van der Waals surface area contributed by atoms with Gasteiger partial charge in [0.2, 0.25) is 18.2 Å². The molecule has 0 aliphatic carbocycles. The molecule has 21 heteroatoms. The van der Waals surface area contributed by atoms with Gasteiger partial charge in [0, 0.05) is 32.2 Å². The van der Waals surface area contributed by atoms with E-state index in [-0.39, 0.29) is 24.2 Å². The standard InChI is InChI=1S/C20H23N7O2.C19H25N7O2.C7H16O3/c1-5-28-20-14(7-6-8-21-20)15-9-16(22-10-17-23-11-29-26-17)19-18(12(2)3)24-13(4)27(19)25-15;1-5-28-19-13(7-6-8-21-19)14-9-15(22-10-16(20)25-27)18-17(11(2)3)23-12(4)26(18)24-14;1-4-8-7(9-5-2)10-6-3/h6-9,11-12,22H,5,10H2,1-4H3;6-9,11,22,27H,5,10H2,1-4H3,(H2,20,25);7H,4-6H2,1-3H3. The first-order chi connectivity index (χ1) is 32.4. The van der Waals surface area contributed by atoms with E-state index in [1.165, 1.54) is 6.39 Å². The predicted octanol–water partition coefficient (Wildman–Crippen LogP) is 7.78. The van der Waals surface area contributed by atoms with Gasteiger partial charge in [-0.15, -0.1) is 0 Å². The van der Waals surface area contributed by atoms with Crippen LogP contribution in [0.4, 0.5) is 11.4 Å². The van der Waals surface area contributed by atoms with Gasteiger partial charge in [0.25, 0.3) is 6.48 Å². The number of rotatable bonds is 20. The topological polar surface area (TPSA) is 254 Å². The summed E-state index contributed by atoms with van der Waals surface area (Å²) < 4.78 is 35.1. The van der Waals surface area contributed by atoms with Gasteiger partial charge < -0.3 is 49.8 Å². The predicted molar refractivity (Wildman–Crippen MR) is 255 cm³/mol. The van der Waals surface area contributed by atoms with Crippen molar-refractivity contribution in [3.05, 3.63) is 84.0 Å². The molecule has 7 aromatic rings. The Morgan fingerprint density at radius 3 is 1.60 bits per heavy atom. The lowest BCUT2D eigenvalue weighted by atomic mass is 10.1. The van der Waals surface area contributed by atoms with E-state index in [2.05, 4.69) is 63.6 Å². The zero-order chi connectivity index (χ0) is 48.5. The third-order valence-electron chi connectivity index (χ3n) is 9.66. The molecular formula is C46H64N14O7. The monoisotopic (exact) mass is 925 g/mol. The van der Waals surface area contributed by atoms with Gasteiger partial charge in [0.1, 0.15) is 22.7 Å². The highest BCUT2D eigenvalue weighted by atomic mass is 16.8. The van der Waals surface area contributed by atoms with Crippen LogP contribution in [0.1, 0.15) is 103 Å². The zero-order valence-corrected chi connectivity index (χ0v) is 40.3. The second-order valence-electron chi connectivity index (χ2n) is 15.2. The maximum atomic E-state index is 8.87. The average Bonchev–Trinajstić information content (AvgIpc) is 4.06. The van der Waals surface area contributed by atoms with Crippen LogP contribution in [0, 0.1) is 13.8 Å². The molecule has 0 atom stereocenters. The van der Waals surface area contributed by atoms with Crippen molar-refractivity contribution in [2.24, 2.45) is 10.9 Å². The summed E-state index contributed by atoms with van der Waals surface area (Å²) in [5, 5.41) is 32.0. The van der Waals surface area contributed by atoms with Crippen LogP contribution in [0.2, 0.25) is 0 Å². The number of pyridine rings is 2. The number of ether oxygens (including phenoxy) is 5. The molecule has 7 heterocycles. The number of aryl methyl sites for hydroxylation is 2. The molecule has 7 rings (SSSR count). The normalized spacial score (nSPS) is 11.5. The second-order valence-corrected chi connectivity index (χ2v) is 15.2. The Balaban J connectivity index is 0.000000209. The number of imidazole rings is 2. The smallest absolute Gasteiger partial charge is 0.271 e. The number of oxime groups is 1. The lowest BCUT2D eigenvalue weighted by Crippen LogP contribution is -2.23. The highest BCUT2D eigenvalue weighted by molar-refractivity contribution is 5.87. The van der Waals surface area contributed by atoms with Crippen molar-refractivity contribution in [1.29, 1.82) is 0 Å². The molecule has 0 fully saturated rings. The summed E-state index contributed by atoms with van der Waals surface area (Å²) >= 11 is 0. The maximum Gasteiger partial charge on any atom is 0.271 e. The summed E-state index contributed by atoms with van der Waals surface area (Å²) in [6.07, 6.45) is 4.71. The van der Waals surface area contributed by atoms with E-state index in [1.807, 2.05) is 93.9 Å². The number of nitrogens with zero attached hydrogens (tertiary/aromatic N) is 11. The van der Waals surface area contributed by atoms with Gasteiger partial charge in [-0.1, -0.05) is 38.0 Å². The first kappa shape index (κ1) is 51.0. The van der Waals surface area contributed by atoms with Crippen molar-refractivity contribution in [1.82, 2.24) is 49.3 Å². The molecule has 21 nitrogen and oxygen atoms in total. The summed E-state index contributed by atoms with van der Waals surface area (Å²) in [4.78, 5) is 22.2. The van der Waals surface area contributed by atoms with Crippen LogP contribution in [0.15, 0.2) is 64.9 Å². The Morgan fingerprint density at radius 1 is 0.716 bits per heavy atom. The summed E-state index contributed by atoms with van der Waals surface area (Å²) in [5.74, 6) is 3.75. The fourth-order valence-electron chi connectivity index (χ4n) is 6.75. The van der Waals surface area contributed by atoms with Gasteiger partial charge in [0.15, 0.2) is 11.7 Å². The third-order valence-corrected chi connectivity index (χ3v) is 9.66. The fraction of sp³-hybridized carbons (Fsp3) is 0.457. The Morgan fingerprint density at radius 2 is 1.19 bits per heavy atom. The van der Waals surface area contributed by atoms with Crippen LogP contribution >= 0.6 is 0 Å². The highest BCUT2D eigenvalue weighted by Crippen LogP contribution is 2.35. The van der Waals surface area contributed by atoms with Crippen molar-refractivity contribution in [2.75, 3.05) is 50.2 Å². The Labute approximate surface area is 390 Å². The average molecular weight is 925 g/mol. The lowest BCUT2D eigenvalue weighted by Gasteiger charge is -2.15. The van der Waals surface area contributed by atoms with E-state index in [9.17, 15) is 0 Å². The van der Waals surface area contributed by atoms with Gasteiger partial charge in [-0.25, -0.2) is 29.0 Å². The molecule has 67 heavy (non-hydrogen) atoms. The highest BCUT2D eigenvalue weighted by Gasteiger charge is 2.22. The summed E-state index contributed by atoms with van der Waals surface area (Å²) in [6.45, 7) is 24.8. The molecule has 0 aliphatic heterocycles. The van der Waals surface area contributed by atoms with Crippen molar-refractivity contribution >= 4 is 28.2 Å². The van der Waals surface area contributed by atoms with E-state index >= 15 is 0 Å². The first-order valence-electron chi connectivity index (χ1n) is 22.4. The largest absolute Gasteiger partial charge is 0.477 e. The maximum absolute atomic E-state index is 8.87. The number of aromatic nitrogens is 10. The molecule has 0 bridgehead atoms. The lowest BCUT2D eigenvalue weighted by molar-refractivity contribution is -0.282. The molecule has 0 spiro atoms. The van der Waals surface area contributed by atoms with Gasteiger partial charge in [-0.3, -0.25) is 0 Å². The minimum Gasteiger partial charge on any atom is -0.477 e. The Hall–Kier alpha value is -6.97. The molecule has 0 aromatic carbocycles. The molecule has 7 aromatic heterocycles. The van der Waals surface area contributed by atoms with E-state index in [1.54, 1.807) is 12.4 Å². The minimum absolute atomic E-state index is 0.0789. The zero-order valence-electron chi connectivity index (χ0n) is 40.3. The van der Waals surface area contributed by atoms with Gasteiger partial charge >= 0.3 is 0 Å². The molecule has 0 aliphatic rings. The molecule has 0 unspecified atom stereocenters. The summed E-state index contributed by atoms with van der Waals surface area (Å²) in [5.41, 5.74) is 14.0. The first-order valence-corrected chi connectivity index (χ1v) is 22.4. The van der Waals surface area contributed by atoms with Crippen LogP contribution in [0.5, 0.6) is 11.8 Å². The van der Waals surface area contributed by atoms with Crippen molar-refractivity contribution in [3.63, 3.8) is 0 Å². The molecular weight excluding hydrogens is 861 g/mol. The number of fused-ring (bicyclic) bond motifs is 2. The van der Waals surface area contributed by atoms with Gasteiger partial charge in [-0.05, 0) is 96.7 Å². The molecule has 360 valence electrons. The van der Waals surface area contributed by atoms with Crippen molar-refractivity contribution in [2.45, 2.75) is 101 Å². The Kier molecular flexibility index (Phi) is 19.1. The van der Waals surface area contributed by atoms with Crippen LogP contribution in [-0.2, 0) is 20.8 Å². The fourth-order valence-corrected chi connectivity index (χ4v) is 6.75. The number of hydrogen-bond acceptors (Lipinski definition) is 18. The van der Waals surface area contributed by atoms with Crippen LogP contribution in [0.3, 0.4) is 0 Å². The second kappa shape index (κ2) is 25.1. The Bertz CT molecular complexity index is 2630. The third kappa shape index (κ3) is 13.1. The molecule has 0 saturated heterocycles. The van der Waals surface area contributed by atoms with Crippen LogP contribution < -0.4 is 25.8 Å². The van der Waals surface area contributed by atoms with Crippen molar-refractivity contribution in [3.8, 4) is 34.3 Å². The number of anilines is 2. The SMILES string of the molecule is CCOC(OCC)OCC.CCOc1ncccc1-c1cc(NC/C(N)=N\O)c2c(C(C)C)nc(C)n2n1.CCOc1ncccc1-c1cc(NCc2ncon2)c2c(C(C)C)nc(C)n2n1.